The summed E-state index contributed by atoms with van der Waals surface area (Å²) in [5.41, 5.74) is 1.14. The molecule has 0 amide bonds. The average molecular weight is 169 g/mol. The van der Waals surface area contributed by atoms with Crippen LogP contribution in [0.4, 0.5) is 0 Å². The van der Waals surface area contributed by atoms with Crippen LogP contribution in [-0.4, -0.2) is 12.3 Å². The van der Waals surface area contributed by atoms with Gasteiger partial charge in [-0.3, -0.25) is 0 Å². The number of carbonyl (C=O) groups excluding carboxylic acids is 1. The second-order valence-electron chi connectivity index (χ2n) is 3.18. The van der Waals surface area contributed by atoms with Crippen molar-refractivity contribution in [1.82, 2.24) is 0 Å². The summed E-state index contributed by atoms with van der Waals surface area (Å²) >= 11 is 0. The Morgan fingerprint density at radius 1 is 1.50 bits per heavy atom. The van der Waals surface area contributed by atoms with E-state index in [0.29, 0.717) is 0 Å². The molecule has 0 unspecified atom stereocenters. The molecule has 68 valence electrons. The van der Waals surface area contributed by atoms with Gasteiger partial charge in [0.25, 0.3) is 0 Å². The van der Waals surface area contributed by atoms with Crippen LogP contribution in [0, 0.1) is 10.8 Å². The normalized spacial score (nSPS) is 14.6. The number of nitroso groups, excluding NO2 is 1. The van der Waals surface area contributed by atoms with Crippen molar-refractivity contribution in [3.63, 3.8) is 0 Å². The lowest BCUT2D eigenvalue weighted by molar-refractivity contribution is -0.108. The Morgan fingerprint density at radius 2 is 2.08 bits per heavy atom. The monoisotopic (exact) mass is 169 g/mol. The van der Waals surface area contributed by atoms with Crippen molar-refractivity contribution in [3.8, 4) is 0 Å². The van der Waals surface area contributed by atoms with Crippen LogP contribution in [0.15, 0.2) is 16.8 Å². The first kappa shape index (κ1) is 11.0. The third-order valence-corrected chi connectivity index (χ3v) is 1.68. The van der Waals surface area contributed by atoms with E-state index in [1.54, 1.807) is 0 Å². The van der Waals surface area contributed by atoms with Gasteiger partial charge in [-0.25, -0.2) is 0 Å². The number of aldehydes is 1. The predicted molar refractivity (Wildman–Crippen MR) is 48.9 cm³/mol. The zero-order valence-corrected chi connectivity index (χ0v) is 7.78. The number of carbonyl (C=O) groups is 1. The summed E-state index contributed by atoms with van der Waals surface area (Å²) in [6.07, 6.45) is 2.91. The van der Waals surface area contributed by atoms with Crippen molar-refractivity contribution in [2.75, 3.05) is 0 Å². The van der Waals surface area contributed by atoms with Crippen molar-refractivity contribution >= 4 is 6.29 Å². The highest BCUT2D eigenvalue weighted by atomic mass is 16.3. The van der Waals surface area contributed by atoms with Crippen molar-refractivity contribution in [2.24, 2.45) is 11.1 Å². The molecule has 0 heterocycles. The molecule has 12 heavy (non-hydrogen) atoms. The number of allylic oxidation sites excluding steroid dienone is 1. The molecule has 0 radical (unpaired) electrons. The number of nitrogens with zero attached hydrogens (tertiary/aromatic N) is 1. The topological polar surface area (TPSA) is 46.5 Å². The minimum absolute atomic E-state index is 0.0534. The molecule has 0 aromatic heterocycles. The Bertz CT molecular complexity index is 183. The highest BCUT2D eigenvalue weighted by Gasteiger charge is 2.14. The smallest absolute Gasteiger partial charge is 0.122 e. The Kier molecular flexibility index (Phi) is 5.17. The van der Waals surface area contributed by atoms with Gasteiger partial charge in [0.05, 0.1) is 0 Å². The molecular formula is C9H15NO2. The predicted octanol–water partition coefficient (Wildman–Crippen LogP) is 2.31. The van der Waals surface area contributed by atoms with Crippen molar-refractivity contribution in [1.29, 1.82) is 0 Å². The average Bonchev–Trinajstić information content (AvgIpc) is 1.98. The van der Waals surface area contributed by atoms with Crippen LogP contribution in [0.2, 0.25) is 0 Å². The Balaban J connectivity index is 4.20. The van der Waals surface area contributed by atoms with Gasteiger partial charge >= 0.3 is 0 Å². The second-order valence-corrected chi connectivity index (χ2v) is 3.18. The summed E-state index contributed by atoms with van der Waals surface area (Å²) in [7, 11) is 0. The van der Waals surface area contributed by atoms with Gasteiger partial charge < -0.3 is 4.79 Å². The van der Waals surface area contributed by atoms with Gasteiger partial charge in [-0.05, 0) is 13.8 Å². The first-order valence-electron chi connectivity index (χ1n) is 4.03. The maximum Gasteiger partial charge on any atom is 0.122 e. The molecule has 0 bridgehead atoms. The number of rotatable bonds is 5. The van der Waals surface area contributed by atoms with Gasteiger partial charge in [0, 0.05) is 12.3 Å². The van der Waals surface area contributed by atoms with Crippen molar-refractivity contribution < 1.29 is 4.79 Å². The Labute approximate surface area is 72.8 Å². The Hall–Kier alpha value is -0.990. The number of hydrogen-bond acceptors (Lipinski definition) is 3. The van der Waals surface area contributed by atoms with Crippen LogP contribution >= 0.6 is 0 Å². The van der Waals surface area contributed by atoms with E-state index < -0.39 is 6.04 Å². The maximum absolute atomic E-state index is 10.3. The quantitative estimate of drug-likeness (QED) is 0.360. The lowest BCUT2D eigenvalue weighted by Crippen LogP contribution is -2.13. The fourth-order valence-corrected chi connectivity index (χ4v) is 1.09. The lowest BCUT2D eigenvalue weighted by Gasteiger charge is -2.10. The van der Waals surface area contributed by atoms with Crippen molar-refractivity contribution in [2.45, 2.75) is 33.2 Å². The van der Waals surface area contributed by atoms with E-state index in [1.807, 2.05) is 26.8 Å². The van der Waals surface area contributed by atoms with E-state index >= 15 is 0 Å². The van der Waals surface area contributed by atoms with E-state index in [-0.39, 0.29) is 12.3 Å². The van der Waals surface area contributed by atoms with Gasteiger partial charge in [0.2, 0.25) is 0 Å². The first-order chi connectivity index (χ1) is 5.61. The molecule has 3 nitrogen and oxygen atoms in total. The summed E-state index contributed by atoms with van der Waals surface area (Å²) in [5, 5.41) is 2.90. The van der Waals surface area contributed by atoms with Crippen LogP contribution in [-0.2, 0) is 4.79 Å². The van der Waals surface area contributed by atoms with Crippen LogP contribution < -0.4 is 0 Å². The summed E-state index contributed by atoms with van der Waals surface area (Å²) in [6.45, 7) is 5.81. The van der Waals surface area contributed by atoms with Crippen LogP contribution in [0.3, 0.4) is 0 Å². The summed E-state index contributed by atoms with van der Waals surface area (Å²) < 4.78 is 0. The van der Waals surface area contributed by atoms with Gasteiger partial charge in [-0.1, -0.05) is 23.7 Å². The van der Waals surface area contributed by atoms with Gasteiger partial charge in [0.15, 0.2) is 0 Å². The summed E-state index contributed by atoms with van der Waals surface area (Å²) in [4.78, 5) is 20.4. The molecule has 0 aliphatic rings. The maximum atomic E-state index is 10.3. The van der Waals surface area contributed by atoms with Gasteiger partial charge in [0.1, 0.15) is 12.3 Å². The molecule has 0 saturated carbocycles. The van der Waals surface area contributed by atoms with Crippen molar-refractivity contribution in [3.05, 3.63) is 16.6 Å². The molecule has 0 aliphatic heterocycles. The second kappa shape index (κ2) is 5.63. The Morgan fingerprint density at radius 3 is 2.42 bits per heavy atom. The van der Waals surface area contributed by atoms with Crippen LogP contribution in [0.1, 0.15) is 27.2 Å². The standard InChI is InChI=1S/C9H15NO2/c1-7(2)6-8(3)9(10-12)4-5-11/h5-6,8-9H,4H2,1-3H3/t8-,9-/m0/s1. The molecule has 0 saturated heterocycles. The van der Waals surface area contributed by atoms with Gasteiger partial charge in [-0.15, -0.1) is 0 Å². The summed E-state index contributed by atoms with van der Waals surface area (Å²) in [6, 6.07) is -0.405. The third-order valence-electron chi connectivity index (χ3n) is 1.68. The highest BCUT2D eigenvalue weighted by Crippen LogP contribution is 2.13. The highest BCUT2D eigenvalue weighted by molar-refractivity contribution is 5.50. The molecule has 0 N–H and O–H groups in total. The molecule has 3 heteroatoms. The van der Waals surface area contributed by atoms with Crippen LogP contribution in [0.5, 0.6) is 0 Å². The fraction of sp³-hybridized carbons (Fsp3) is 0.667. The largest absolute Gasteiger partial charge is 0.303 e. The third kappa shape index (κ3) is 4.01. The van der Waals surface area contributed by atoms with Gasteiger partial charge in [-0.2, -0.15) is 4.91 Å². The van der Waals surface area contributed by atoms with E-state index in [1.165, 1.54) is 0 Å². The molecule has 0 rings (SSSR count). The molecule has 0 aromatic carbocycles. The molecule has 0 aromatic rings. The molecule has 0 fully saturated rings. The minimum atomic E-state index is -0.405. The minimum Gasteiger partial charge on any atom is -0.303 e. The first-order valence-corrected chi connectivity index (χ1v) is 4.03. The van der Waals surface area contributed by atoms with E-state index in [9.17, 15) is 9.70 Å². The molecule has 2 atom stereocenters. The SMILES string of the molecule is CC(C)=C[C@H](C)[C@H](CC=O)N=O. The summed E-state index contributed by atoms with van der Waals surface area (Å²) in [5.74, 6) is 0.0534. The van der Waals surface area contributed by atoms with E-state index in [2.05, 4.69) is 5.18 Å². The van der Waals surface area contributed by atoms with E-state index in [4.69, 9.17) is 0 Å². The zero-order chi connectivity index (χ0) is 9.56. The van der Waals surface area contributed by atoms with Crippen LogP contribution in [0.25, 0.3) is 0 Å². The zero-order valence-electron chi connectivity index (χ0n) is 7.78. The molecule has 0 spiro atoms. The molecular weight excluding hydrogens is 154 g/mol. The number of hydrogen-bond donors (Lipinski definition) is 0. The lowest BCUT2D eigenvalue weighted by atomic mass is 9.98. The fourth-order valence-electron chi connectivity index (χ4n) is 1.09. The van der Waals surface area contributed by atoms with E-state index in [0.717, 1.165) is 11.9 Å². The molecule has 0 aliphatic carbocycles.